The van der Waals surface area contributed by atoms with Gasteiger partial charge in [0.1, 0.15) is 17.8 Å². The number of hydrogen-bond acceptors (Lipinski definition) is 5. The third kappa shape index (κ3) is 6.45. The van der Waals surface area contributed by atoms with E-state index in [2.05, 4.69) is 5.32 Å². The third-order valence-corrected chi connectivity index (χ3v) is 5.75. The van der Waals surface area contributed by atoms with E-state index in [1.165, 1.54) is 45.0 Å². The van der Waals surface area contributed by atoms with E-state index in [1.54, 1.807) is 0 Å². The molecule has 0 amide bonds. The second-order valence-corrected chi connectivity index (χ2v) is 9.62. The van der Waals surface area contributed by atoms with Crippen LogP contribution in [0.3, 0.4) is 0 Å². The molecule has 1 aliphatic rings. The number of nitrogens with one attached hydrogen (secondary N) is 1. The van der Waals surface area contributed by atoms with Crippen molar-refractivity contribution in [1.82, 2.24) is 5.32 Å². The van der Waals surface area contributed by atoms with Crippen LogP contribution in [0, 0.1) is 0 Å². The molecule has 180 valence electrons. The number of halogens is 4. The van der Waals surface area contributed by atoms with Crippen LogP contribution < -0.4 is 10.8 Å². The molecule has 2 rings (SSSR count). The molecule has 0 aromatic heterocycles. The number of alkyl halides is 4. The normalized spacial score (nSPS) is 20.2. The summed E-state index contributed by atoms with van der Waals surface area (Å²) in [5, 5.41) is 2.26. The lowest BCUT2D eigenvalue weighted by Gasteiger charge is -2.32. The molecule has 2 atom stereocenters. The van der Waals surface area contributed by atoms with Crippen molar-refractivity contribution in [3.63, 3.8) is 0 Å². The first-order valence-electron chi connectivity index (χ1n) is 10.6. The van der Waals surface area contributed by atoms with E-state index in [1.807, 2.05) is 27.7 Å². The van der Waals surface area contributed by atoms with Gasteiger partial charge in [-0.3, -0.25) is 10.1 Å². The number of esters is 1. The predicted molar refractivity (Wildman–Crippen MR) is 114 cm³/mol. The van der Waals surface area contributed by atoms with Crippen molar-refractivity contribution in [1.29, 1.82) is 0 Å². The minimum Gasteiger partial charge on any atom is -0.465 e. The van der Waals surface area contributed by atoms with Gasteiger partial charge >= 0.3 is 19.3 Å². The smallest absolute Gasteiger partial charge is 0.465 e. The van der Waals surface area contributed by atoms with Gasteiger partial charge in [0.2, 0.25) is 0 Å². The van der Waals surface area contributed by atoms with Crippen molar-refractivity contribution < 1.29 is 36.4 Å². The van der Waals surface area contributed by atoms with Gasteiger partial charge in [-0.2, -0.15) is 13.2 Å². The van der Waals surface area contributed by atoms with Gasteiger partial charge in [-0.1, -0.05) is 24.3 Å². The second-order valence-electron chi connectivity index (χ2n) is 9.62. The van der Waals surface area contributed by atoms with Crippen LogP contribution in [-0.2, 0) is 18.8 Å². The van der Waals surface area contributed by atoms with Crippen LogP contribution in [-0.4, -0.2) is 48.8 Å². The maximum Gasteiger partial charge on any atom is 0.494 e. The molecule has 0 saturated carbocycles. The highest BCUT2D eigenvalue weighted by atomic mass is 19.4. The number of hydrogen-bond donors (Lipinski definition) is 1. The van der Waals surface area contributed by atoms with Crippen molar-refractivity contribution in [2.75, 3.05) is 6.61 Å². The molecule has 5 nitrogen and oxygen atoms in total. The minimum atomic E-state index is -4.73. The van der Waals surface area contributed by atoms with Gasteiger partial charge in [0.25, 0.3) is 0 Å². The zero-order chi connectivity index (χ0) is 24.5. The largest absolute Gasteiger partial charge is 0.494 e. The molecule has 1 aromatic rings. The van der Waals surface area contributed by atoms with Crippen LogP contribution in [0.2, 0.25) is 0 Å². The summed E-state index contributed by atoms with van der Waals surface area (Å²) in [7, 11) is -0.717. The van der Waals surface area contributed by atoms with Crippen LogP contribution >= 0.6 is 0 Å². The van der Waals surface area contributed by atoms with Crippen molar-refractivity contribution >= 4 is 18.6 Å². The molecule has 0 radical (unpaired) electrons. The third-order valence-electron chi connectivity index (χ3n) is 5.75. The lowest BCUT2D eigenvalue weighted by atomic mass is 9.78. The van der Waals surface area contributed by atoms with Gasteiger partial charge in [-0.05, 0) is 59.5 Å². The van der Waals surface area contributed by atoms with Gasteiger partial charge < -0.3 is 14.0 Å². The summed E-state index contributed by atoms with van der Waals surface area (Å²) in [5.74, 6) is -0.929. The first-order chi connectivity index (χ1) is 14.5. The Labute approximate surface area is 187 Å². The Morgan fingerprint density at radius 2 is 1.56 bits per heavy atom. The molecule has 1 N–H and O–H groups in total. The zero-order valence-electron chi connectivity index (χ0n) is 19.6. The van der Waals surface area contributed by atoms with Gasteiger partial charge in [-0.15, -0.1) is 0 Å². The van der Waals surface area contributed by atoms with Gasteiger partial charge in [-0.25, -0.2) is 4.39 Å². The number of rotatable bonds is 8. The predicted octanol–water partition coefficient (Wildman–Crippen LogP) is 4.25. The minimum absolute atomic E-state index is 0.0246. The summed E-state index contributed by atoms with van der Waals surface area (Å²) in [4.78, 5) is 12.2. The Hall–Kier alpha value is -1.65. The van der Waals surface area contributed by atoms with E-state index in [0.717, 1.165) is 0 Å². The summed E-state index contributed by atoms with van der Waals surface area (Å²) in [6.07, 6.45) is -5.19. The number of carbonyl (C=O) groups is 1. The molecule has 1 saturated heterocycles. The molecular weight excluding hydrogens is 429 g/mol. The fraction of sp³-hybridized carbons (Fsp3) is 0.682. The molecule has 1 fully saturated rings. The highest BCUT2D eigenvalue weighted by Gasteiger charge is 2.52. The summed E-state index contributed by atoms with van der Waals surface area (Å²) in [6, 6.07) is 1.94. The van der Waals surface area contributed by atoms with Crippen molar-refractivity contribution in [2.24, 2.45) is 0 Å². The molecule has 1 heterocycles. The number of carbonyl (C=O) groups excluding carboxylic acids is 1. The Morgan fingerprint density at radius 3 is 1.97 bits per heavy atom. The summed E-state index contributed by atoms with van der Waals surface area (Å²) in [6.45, 7) is 11.4. The Bertz CT molecular complexity index is 775. The lowest BCUT2D eigenvalue weighted by molar-refractivity contribution is -0.165. The molecular formula is C22H32BF4NO4. The summed E-state index contributed by atoms with van der Waals surface area (Å²) < 4.78 is 72.6. The SMILES string of the molecule is CCOC(=O)[C@@H](CC(C)(C)F)N[C@@H](c1ccc(B2OC(C)(C)C(C)(C)O2)cc1)C(F)(F)F. The van der Waals surface area contributed by atoms with Gasteiger partial charge in [0.05, 0.1) is 17.8 Å². The first-order valence-corrected chi connectivity index (χ1v) is 10.6. The average Bonchev–Trinajstić information content (AvgIpc) is 2.84. The van der Waals surface area contributed by atoms with Crippen molar-refractivity contribution in [2.45, 2.75) is 90.0 Å². The first kappa shape index (κ1) is 26.6. The Morgan fingerprint density at radius 1 is 1.06 bits per heavy atom. The molecule has 1 aliphatic heterocycles. The summed E-state index contributed by atoms with van der Waals surface area (Å²) in [5.41, 5.74) is -2.60. The topological polar surface area (TPSA) is 56.8 Å². The Kier molecular flexibility index (Phi) is 7.74. The van der Waals surface area contributed by atoms with Crippen LogP contribution in [0.1, 0.15) is 66.5 Å². The highest BCUT2D eigenvalue weighted by Crippen LogP contribution is 2.37. The molecule has 0 bridgehead atoms. The van der Waals surface area contributed by atoms with Crippen LogP contribution in [0.25, 0.3) is 0 Å². The van der Waals surface area contributed by atoms with E-state index in [0.29, 0.717) is 5.46 Å². The van der Waals surface area contributed by atoms with Crippen molar-refractivity contribution in [3.8, 4) is 0 Å². The molecule has 10 heteroatoms. The summed E-state index contributed by atoms with van der Waals surface area (Å²) >= 11 is 0. The highest BCUT2D eigenvalue weighted by molar-refractivity contribution is 6.62. The van der Waals surface area contributed by atoms with Gasteiger partial charge in [0, 0.05) is 6.42 Å². The molecule has 1 aromatic carbocycles. The lowest BCUT2D eigenvalue weighted by Crippen LogP contribution is -2.47. The zero-order valence-corrected chi connectivity index (χ0v) is 19.6. The van der Waals surface area contributed by atoms with Crippen molar-refractivity contribution in [3.05, 3.63) is 29.8 Å². The Balaban J connectivity index is 2.28. The van der Waals surface area contributed by atoms with Gasteiger partial charge in [0.15, 0.2) is 0 Å². The van der Waals surface area contributed by atoms with E-state index in [9.17, 15) is 22.4 Å². The quantitative estimate of drug-likeness (QED) is 0.357. The molecule has 0 spiro atoms. The molecule has 0 aliphatic carbocycles. The van der Waals surface area contributed by atoms with Crippen LogP contribution in [0.15, 0.2) is 24.3 Å². The van der Waals surface area contributed by atoms with E-state index in [4.69, 9.17) is 14.0 Å². The number of benzene rings is 1. The molecule has 0 unspecified atom stereocenters. The fourth-order valence-electron chi connectivity index (χ4n) is 3.34. The van der Waals surface area contributed by atoms with E-state index in [-0.39, 0.29) is 12.2 Å². The maximum atomic E-state index is 14.2. The van der Waals surface area contributed by atoms with Crippen LogP contribution in [0.4, 0.5) is 17.6 Å². The fourth-order valence-corrected chi connectivity index (χ4v) is 3.34. The maximum absolute atomic E-state index is 14.2. The van der Waals surface area contributed by atoms with E-state index < -0.39 is 54.6 Å². The second kappa shape index (κ2) is 9.31. The van der Waals surface area contributed by atoms with E-state index >= 15 is 0 Å². The monoisotopic (exact) mass is 461 g/mol. The molecule has 32 heavy (non-hydrogen) atoms. The van der Waals surface area contributed by atoms with Crippen LogP contribution in [0.5, 0.6) is 0 Å². The average molecular weight is 461 g/mol. The number of ether oxygens (including phenoxy) is 1. The standard InChI is InChI=1S/C22H32BF4NO4/c1-8-30-18(29)16(13-19(2,3)24)28-17(22(25,26)27)14-9-11-15(12-10-14)23-31-20(4,5)21(6,7)32-23/h9-12,16-17,28H,8,13H2,1-7H3/t16-,17+/m1/s1.